The molecule has 0 amide bonds. The normalized spacial score (nSPS) is 19.3. The molecule has 0 radical (unpaired) electrons. The lowest BCUT2D eigenvalue weighted by Crippen LogP contribution is -2.08. The molecular weight excluding hydrogens is 148 g/mol. The van der Waals surface area contributed by atoms with Gasteiger partial charge in [0.25, 0.3) is 0 Å². The van der Waals surface area contributed by atoms with Crippen molar-refractivity contribution in [3.05, 3.63) is 11.6 Å². The van der Waals surface area contributed by atoms with Gasteiger partial charge in [-0.3, -0.25) is 0 Å². The highest BCUT2D eigenvalue weighted by atomic mass is 16.3. The van der Waals surface area contributed by atoms with Gasteiger partial charge in [-0.2, -0.15) is 0 Å². The van der Waals surface area contributed by atoms with E-state index in [1.807, 2.05) is 0 Å². The van der Waals surface area contributed by atoms with Crippen LogP contribution in [0.4, 0.5) is 0 Å². The zero-order valence-corrected chi connectivity index (χ0v) is 8.05. The van der Waals surface area contributed by atoms with Gasteiger partial charge < -0.3 is 5.11 Å². The monoisotopic (exact) mass is 168 g/mol. The van der Waals surface area contributed by atoms with E-state index in [0.29, 0.717) is 0 Å². The van der Waals surface area contributed by atoms with Crippen LogP contribution in [0.25, 0.3) is 0 Å². The van der Waals surface area contributed by atoms with Crippen LogP contribution in [0, 0.1) is 0 Å². The molecule has 0 fully saturated rings. The molecule has 1 atom stereocenters. The Hall–Kier alpha value is -0.300. The second kappa shape index (κ2) is 5.36. The Kier molecular flexibility index (Phi) is 4.37. The summed E-state index contributed by atoms with van der Waals surface area (Å²) in [5.74, 6) is 0. The smallest absolute Gasteiger partial charge is 0.0750 e. The summed E-state index contributed by atoms with van der Waals surface area (Å²) < 4.78 is 0. The van der Waals surface area contributed by atoms with Crippen molar-refractivity contribution in [2.24, 2.45) is 0 Å². The first-order valence-corrected chi connectivity index (χ1v) is 5.21. The van der Waals surface area contributed by atoms with Crippen LogP contribution >= 0.6 is 0 Å². The average Bonchev–Trinajstić information content (AvgIpc) is 2.56. The fourth-order valence-corrected chi connectivity index (χ4v) is 1.77. The van der Waals surface area contributed by atoms with Crippen molar-refractivity contribution >= 4 is 0 Å². The van der Waals surface area contributed by atoms with Crippen molar-refractivity contribution < 1.29 is 5.11 Å². The van der Waals surface area contributed by atoms with Gasteiger partial charge in [0, 0.05) is 0 Å². The predicted molar refractivity (Wildman–Crippen MR) is 52.1 cm³/mol. The molecule has 0 saturated carbocycles. The zero-order chi connectivity index (χ0) is 8.81. The molecule has 0 aromatic carbocycles. The molecule has 1 unspecified atom stereocenters. The lowest BCUT2D eigenvalue weighted by molar-refractivity contribution is 0.193. The highest BCUT2D eigenvalue weighted by Crippen LogP contribution is 2.23. The topological polar surface area (TPSA) is 20.2 Å². The van der Waals surface area contributed by atoms with Crippen molar-refractivity contribution in [1.29, 1.82) is 0 Å². The van der Waals surface area contributed by atoms with Crippen LogP contribution in [0.2, 0.25) is 0 Å². The van der Waals surface area contributed by atoms with Gasteiger partial charge in [0.05, 0.1) is 6.10 Å². The molecule has 0 aromatic heterocycles. The molecule has 1 N–H and O–H groups in total. The minimum atomic E-state index is -0.126. The molecule has 12 heavy (non-hydrogen) atoms. The van der Waals surface area contributed by atoms with Gasteiger partial charge in [0.15, 0.2) is 0 Å². The van der Waals surface area contributed by atoms with E-state index in [4.69, 9.17) is 0 Å². The summed E-state index contributed by atoms with van der Waals surface area (Å²) in [4.78, 5) is 0. The summed E-state index contributed by atoms with van der Waals surface area (Å²) >= 11 is 0. The Balaban J connectivity index is 2.14. The van der Waals surface area contributed by atoms with Gasteiger partial charge in [-0.05, 0) is 31.3 Å². The van der Waals surface area contributed by atoms with E-state index in [1.165, 1.54) is 37.7 Å². The van der Waals surface area contributed by atoms with Gasteiger partial charge in [-0.25, -0.2) is 0 Å². The van der Waals surface area contributed by atoms with E-state index in [-0.39, 0.29) is 6.10 Å². The lowest BCUT2D eigenvalue weighted by Gasteiger charge is -2.10. The third-order valence-corrected chi connectivity index (χ3v) is 2.59. The second-order valence-electron chi connectivity index (χ2n) is 3.68. The molecule has 0 spiro atoms. The first-order chi connectivity index (χ1) is 5.84. The lowest BCUT2D eigenvalue weighted by atomic mass is 10.0. The number of allylic oxidation sites excluding steroid dienone is 1. The maximum atomic E-state index is 9.71. The average molecular weight is 168 g/mol. The van der Waals surface area contributed by atoms with Crippen molar-refractivity contribution in [3.8, 4) is 0 Å². The molecule has 0 saturated heterocycles. The summed E-state index contributed by atoms with van der Waals surface area (Å²) in [6.45, 7) is 2.20. The van der Waals surface area contributed by atoms with Crippen LogP contribution in [0.15, 0.2) is 11.6 Å². The van der Waals surface area contributed by atoms with Gasteiger partial charge in [-0.1, -0.05) is 32.3 Å². The molecule has 0 aromatic rings. The Morgan fingerprint density at radius 3 is 2.92 bits per heavy atom. The molecule has 0 aliphatic heterocycles. The Labute approximate surface area is 75.5 Å². The second-order valence-corrected chi connectivity index (χ2v) is 3.68. The van der Waals surface area contributed by atoms with Crippen LogP contribution in [0.5, 0.6) is 0 Å². The maximum absolute atomic E-state index is 9.71. The first-order valence-electron chi connectivity index (χ1n) is 5.21. The molecule has 0 heterocycles. The highest BCUT2D eigenvalue weighted by molar-refractivity contribution is 5.12. The van der Waals surface area contributed by atoms with Gasteiger partial charge >= 0.3 is 0 Å². The predicted octanol–water partition coefficient (Wildman–Crippen LogP) is 3.04. The Morgan fingerprint density at radius 1 is 1.50 bits per heavy atom. The molecule has 1 aliphatic rings. The van der Waals surface area contributed by atoms with Gasteiger partial charge in [0.2, 0.25) is 0 Å². The summed E-state index contributed by atoms with van der Waals surface area (Å²) in [6.07, 6.45) is 10.3. The van der Waals surface area contributed by atoms with Crippen LogP contribution < -0.4 is 0 Å². The van der Waals surface area contributed by atoms with E-state index in [0.717, 1.165) is 12.8 Å². The van der Waals surface area contributed by atoms with Crippen LogP contribution in [0.1, 0.15) is 51.9 Å². The summed E-state index contributed by atoms with van der Waals surface area (Å²) in [7, 11) is 0. The number of unbranched alkanes of at least 4 members (excludes halogenated alkanes) is 2. The largest absolute Gasteiger partial charge is 0.389 e. The van der Waals surface area contributed by atoms with Crippen molar-refractivity contribution in [2.75, 3.05) is 0 Å². The van der Waals surface area contributed by atoms with Gasteiger partial charge in [0.1, 0.15) is 0 Å². The SMILES string of the molecule is CCCCCC(O)C1=CCCC1. The highest BCUT2D eigenvalue weighted by Gasteiger charge is 2.13. The third-order valence-electron chi connectivity index (χ3n) is 2.59. The molecule has 1 heteroatoms. The minimum Gasteiger partial charge on any atom is -0.389 e. The van der Waals surface area contributed by atoms with E-state index in [2.05, 4.69) is 13.0 Å². The molecule has 1 rings (SSSR count). The third kappa shape index (κ3) is 2.98. The molecular formula is C11H20O. The summed E-state index contributed by atoms with van der Waals surface area (Å²) in [5, 5.41) is 9.71. The fraction of sp³-hybridized carbons (Fsp3) is 0.818. The molecule has 1 nitrogen and oxygen atoms in total. The zero-order valence-electron chi connectivity index (χ0n) is 8.05. The minimum absolute atomic E-state index is 0.126. The van der Waals surface area contributed by atoms with Crippen LogP contribution in [-0.2, 0) is 0 Å². The number of aliphatic hydroxyl groups excluding tert-OH is 1. The van der Waals surface area contributed by atoms with E-state index in [9.17, 15) is 5.11 Å². The van der Waals surface area contributed by atoms with Crippen molar-refractivity contribution in [1.82, 2.24) is 0 Å². The van der Waals surface area contributed by atoms with E-state index < -0.39 is 0 Å². The van der Waals surface area contributed by atoms with Crippen LogP contribution in [0.3, 0.4) is 0 Å². The number of hydrogen-bond donors (Lipinski definition) is 1. The number of aliphatic hydroxyl groups is 1. The summed E-state index contributed by atoms with van der Waals surface area (Å²) in [5.41, 5.74) is 1.30. The van der Waals surface area contributed by atoms with Crippen LogP contribution in [-0.4, -0.2) is 11.2 Å². The maximum Gasteiger partial charge on any atom is 0.0750 e. The quantitative estimate of drug-likeness (QED) is 0.494. The Bertz CT molecular complexity index is 149. The van der Waals surface area contributed by atoms with Gasteiger partial charge in [-0.15, -0.1) is 0 Å². The first kappa shape index (κ1) is 9.79. The molecule has 1 aliphatic carbocycles. The number of rotatable bonds is 5. The molecule has 0 bridgehead atoms. The van der Waals surface area contributed by atoms with E-state index in [1.54, 1.807) is 0 Å². The summed E-state index contributed by atoms with van der Waals surface area (Å²) in [6, 6.07) is 0. The number of hydrogen-bond acceptors (Lipinski definition) is 1. The fourth-order valence-electron chi connectivity index (χ4n) is 1.77. The standard InChI is InChI=1S/C11H20O/c1-2-3-4-9-11(12)10-7-5-6-8-10/h7,11-12H,2-6,8-9H2,1H3. The Morgan fingerprint density at radius 2 is 2.33 bits per heavy atom. The van der Waals surface area contributed by atoms with E-state index >= 15 is 0 Å². The molecule has 70 valence electrons. The van der Waals surface area contributed by atoms with Crippen molar-refractivity contribution in [3.63, 3.8) is 0 Å². The van der Waals surface area contributed by atoms with Crippen molar-refractivity contribution in [2.45, 2.75) is 58.0 Å².